The topological polar surface area (TPSA) is 29.1 Å². The molecule has 0 unspecified atom stereocenters. The highest BCUT2D eigenvalue weighted by molar-refractivity contribution is 6.30. The molecule has 1 amide bonds. The van der Waals surface area contributed by atoms with E-state index in [0.717, 1.165) is 17.4 Å². The van der Waals surface area contributed by atoms with E-state index in [4.69, 9.17) is 11.6 Å². The molecule has 3 heteroatoms. The second-order valence-corrected chi connectivity index (χ2v) is 6.11. The minimum atomic E-state index is 0.0208. The van der Waals surface area contributed by atoms with Crippen LogP contribution >= 0.6 is 11.6 Å². The number of amides is 1. The Bertz CT molecular complexity index is 494. The molecule has 0 spiro atoms. The summed E-state index contributed by atoms with van der Waals surface area (Å²) in [5, 5.41) is 3.85. The molecule has 0 saturated heterocycles. The van der Waals surface area contributed by atoms with Crippen molar-refractivity contribution in [1.29, 1.82) is 0 Å². The first-order chi connectivity index (χ1) is 9.20. The maximum absolute atomic E-state index is 11.9. The maximum Gasteiger partial charge on any atom is 0.244 e. The molecule has 3 rings (SSSR count). The summed E-state index contributed by atoms with van der Waals surface area (Å²) in [5.74, 6) is 1.60. The van der Waals surface area contributed by atoms with E-state index >= 15 is 0 Å². The zero-order valence-electron chi connectivity index (χ0n) is 10.8. The summed E-state index contributed by atoms with van der Waals surface area (Å²) in [6, 6.07) is 7.87. The van der Waals surface area contributed by atoms with Crippen LogP contribution in [0.5, 0.6) is 0 Å². The Labute approximate surface area is 118 Å². The van der Waals surface area contributed by atoms with Gasteiger partial charge in [-0.1, -0.05) is 30.2 Å². The summed E-state index contributed by atoms with van der Waals surface area (Å²) < 4.78 is 0. The molecule has 2 saturated carbocycles. The predicted octanol–water partition coefficient (Wildman–Crippen LogP) is 3.66. The predicted molar refractivity (Wildman–Crippen MR) is 77.9 cm³/mol. The zero-order chi connectivity index (χ0) is 13.2. The van der Waals surface area contributed by atoms with E-state index in [0.29, 0.717) is 11.1 Å². The molecule has 2 bridgehead atoms. The van der Waals surface area contributed by atoms with Crippen molar-refractivity contribution < 1.29 is 4.79 Å². The minimum Gasteiger partial charge on any atom is -0.350 e. The smallest absolute Gasteiger partial charge is 0.244 e. The van der Waals surface area contributed by atoms with Crippen molar-refractivity contribution in [3.63, 3.8) is 0 Å². The molecule has 0 aromatic heterocycles. The summed E-state index contributed by atoms with van der Waals surface area (Å²) >= 11 is 5.82. The van der Waals surface area contributed by atoms with Crippen molar-refractivity contribution in [2.24, 2.45) is 11.8 Å². The minimum absolute atomic E-state index is 0.0208. The first kappa shape index (κ1) is 12.7. The Balaban J connectivity index is 1.55. The highest BCUT2D eigenvalue weighted by atomic mass is 35.5. The molecule has 3 atom stereocenters. The average Bonchev–Trinajstić information content (AvgIpc) is 3.00. The van der Waals surface area contributed by atoms with E-state index in [1.807, 2.05) is 30.3 Å². The standard InChI is InChI=1S/C16H18ClNO/c17-14-6-2-11(3-7-14)4-8-16(19)18-15-10-12-1-5-13(15)9-12/h2-4,6-8,12-13,15H,1,5,9-10H2,(H,18,19)/b8-4+/t12-,13-,15-/m1/s1. The van der Waals surface area contributed by atoms with Gasteiger partial charge in [-0.15, -0.1) is 0 Å². The van der Waals surface area contributed by atoms with Gasteiger partial charge in [-0.25, -0.2) is 0 Å². The summed E-state index contributed by atoms with van der Waals surface area (Å²) in [6.45, 7) is 0. The molecule has 0 radical (unpaired) electrons. The number of nitrogens with one attached hydrogen (secondary N) is 1. The molecule has 0 heterocycles. The van der Waals surface area contributed by atoms with E-state index in [-0.39, 0.29) is 5.91 Å². The third kappa shape index (κ3) is 3.01. The van der Waals surface area contributed by atoms with Gasteiger partial charge in [-0.2, -0.15) is 0 Å². The van der Waals surface area contributed by atoms with Crippen LogP contribution < -0.4 is 5.32 Å². The van der Waals surface area contributed by atoms with Gasteiger partial charge in [-0.05, 0) is 54.9 Å². The van der Waals surface area contributed by atoms with Gasteiger partial charge >= 0.3 is 0 Å². The normalized spacial score (nSPS) is 29.0. The Hall–Kier alpha value is -1.28. The van der Waals surface area contributed by atoms with E-state index in [2.05, 4.69) is 5.32 Å². The molecule has 2 aliphatic rings. The summed E-state index contributed by atoms with van der Waals surface area (Å²) in [5.41, 5.74) is 0.993. The van der Waals surface area contributed by atoms with E-state index in [1.165, 1.54) is 25.7 Å². The lowest BCUT2D eigenvalue weighted by molar-refractivity contribution is -0.117. The molecule has 100 valence electrons. The van der Waals surface area contributed by atoms with Crippen molar-refractivity contribution in [2.45, 2.75) is 31.7 Å². The molecule has 2 fully saturated rings. The van der Waals surface area contributed by atoms with Crippen molar-refractivity contribution in [2.75, 3.05) is 0 Å². The van der Waals surface area contributed by atoms with Gasteiger partial charge < -0.3 is 5.32 Å². The van der Waals surface area contributed by atoms with Gasteiger partial charge in [0.05, 0.1) is 0 Å². The third-order valence-electron chi connectivity index (χ3n) is 4.36. The van der Waals surface area contributed by atoms with Gasteiger partial charge in [-0.3, -0.25) is 4.79 Å². The fourth-order valence-electron chi connectivity index (χ4n) is 3.40. The summed E-state index contributed by atoms with van der Waals surface area (Å²) in [4.78, 5) is 11.9. The highest BCUT2D eigenvalue weighted by Gasteiger charge is 2.39. The second-order valence-electron chi connectivity index (χ2n) is 5.67. The molecule has 2 nitrogen and oxygen atoms in total. The van der Waals surface area contributed by atoms with Crippen molar-refractivity contribution in [1.82, 2.24) is 5.32 Å². The number of halogens is 1. The Morgan fingerprint density at radius 3 is 2.63 bits per heavy atom. The van der Waals surface area contributed by atoms with E-state index in [1.54, 1.807) is 6.08 Å². The fourth-order valence-corrected chi connectivity index (χ4v) is 3.52. The zero-order valence-corrected chi connectivity index (χ0v) is 11.6. The van der Waals surface area contributed by atoms with Crippen LogP contribution in [0.15, 0.2) is 30.3 Å². The number of carbonyl (C=O) groups is 1. The molecule has 1 aromatic rings. The second kappa shape index (κ2) is 5.38. The van der Waals surface area contributed by atoms with E-state index in [9.17, 15) is 4.79 Å². The average molecular weight is 276 g/mol. The molecular weight excluding hydrogens is 258 g/mol. The number of carbonyl (C=O) groups excluding carboxylic acids is 1. The Morgan fingerprint density at radius 2 is 2.00 bits per heavy atom. The summed E-state index contributed by atoms with van der Waals surface area (Å²) in [6.07, 6.45) is 8.58. The molecule has 1 N–H and O–H groups in total. The largest absolute Gasteiger partial charge is 0.350 e. The lowest BCUT2D eigenvalue weighted by atomic mass is 9.95. The number of rotatable bonds is 3. The van der Waals surface area contributed by atoms with Crippen molar-refractivity contribution >= 4 is 23.6 Å². The molecule has 19 heavy (non-hydrogen) atoms. The lowest BCUT2D eigenvalue weighted by Crippen LogP contribution is -2.37. The van der Waals surface area contributed by atoms with Crippen molar-refractivity contribution in [3.8, 4) is 0 Å². The highest BCUT2D eigenvalue weighted by Crippen LogP contribution is 2.44. The number of hydrogen-bond acceptors (Lipinski definition) is 1. The van der Waals surface area contributed by atoms with Crippen molar-refractivity contribution in [3.05, 3.63) is 40.9 Å². The molecule has 2 aliphatic carbocycles. The lowest BCUT2D eigenvalue weighted by Gasteiger charge is -2.22. The van der Waals surface area contributed by atoms with Crippen LogP contribution in [0, 0.1) is 11.8 Å². The third-order valence-corrected chi connectivity index (χ3v) is 4.61. The van der Waals surface area contributed by atoms with Crippen LogP contribution in [-0.4, -0.2) is 11.9 Å². The van der Waals surface area contributed by atoms with Gasteiger partial charge in [0.2, 0.25) is 5.91 Å². The van der Waals surface area contributed by atoms with Gasteiger partial charge in [0.15, 0.2) is 0 Å². The monoisotopic (exact) mass is 275 g/mol. The van der Waals surface area contributed by atoms with Crippen LogP contribution in [0.2, 0.25) is 5.02 Å². The first-order valence-corrected chi connectivity index (χ1v) is 7.32. The number of benzene rings is 1. The Morgan fingerprint density at radius 1 is 1.21 bits per heavy atom. The fraction of sp³-hybridized carbons (Fsp3) is 0.438. The SMILES string of the molecule is O=C(/C=C/c1ccc(Cl)cc1)N[C@@H]1C[C@@H]2CC[C@@H]1C2. The van der Waals surface area contributed by atoms with Crippen LogP contribution in [0.4, 0.5) is 0 Å². The maximum atomic E-state index is 11.9. The summed E-state index contributed by atoms with van der Waals surface area (Å²) in [7, 11) is 0. The molecule has 1 aromatic carbocycles. The number of hydrogen-bond donors (Lipinski definition) is 1. The van der Waals surface area contributed by atoms with Gasteiger partial charge in [0, 0.05) is 17.1 Å². The Kier molecular flexibility index (Phi) is 3.61. The van der Waals surface area contributed by atoms with Crippen LogP contribution in [0.25, 0.3) is 6.08 Å². The van der Waals surface area contributed by atoms with Crippen LogP contribution in [0.3, 0.4) is 0 Å². The quantitative estimate of drug-likeness (QED) is 0.838. The van der Waals surface area contributed by atoms with Gasteiger partial charge in [0.25, 0.3) is 0 Å². The van der Waals surface area contributed by atoms with E-state index < -0.39 is 0 Å². The van der Waals surface area contributed by atoms with Crippen LogP contribution in [-0.2, 0) is 4.79 Å². The van der Waals surface area contributed by atoms with Gasteiger partial charge in [0.1, 0.15) is 0 Å². The number of fused-ring (bicyclic) bond motifs is 2. The van der Waals surface area contributed by atoms with Crippen LogP contribution in [0.1, 0.15) is 31.2 Å². The molecule has 0 aliphatic heterocycles. The first-order valence-electron chi connectivity index (χ1n) is 6.95. The molecular formula is C16H18ClNO.